The molecule has 0 atom stereocenters. The lowest BCUT2D eigenvalue weighted by Gasteiger charge is -2.40. The Labute approximate surface area is 215 Å². The van der Waals surface area contributed by atoms with Gasteiger partial charge in [-0.1, -0.05) is 18.2 Å². The van der Waals surface area contributed by atoms with Crippen LogP contribution in [0.5, 0.6) is 5.75 Å². The van der Waals surface area contributed by atoms with Gasteiger partial charge in [0, 0.05) is 50.0 Å². The Bertz CT molecular complexity index is 979. The summed E-state index contributed by atoms with van der Waals surface area (Å²) in [6.45, 7) is 11.3. The normalized spacial score (nSPS) is 17.8. The molecule has 4 rings (SSSR count). The zero-order chi connectivity index (χ0) is 25.5. The number of nitrogens with zero attached hydrogens (tertiary/aromatic N) is 4. The van der Waals surface area contributed by atoms with Crippen molar-refractivity contribution in [3.05, 3.63) is 60.2 Å². The molecule has 2 saturated heterocycles. The van der Waals surface area contributed by atoms with E-state index in [0.29, 0.717) is 30.4 Å². The molecule has 194 valence electrons. The molecule has 2 aliphatic rings. The van der Waals surface area contributed by atoms with E-state index in [4.69, 9.17) is 4.74 Å². The highest BCUT2D eigenvalue weighted by Crippen LogP contribution is 2.22. The predicted molar refractivity (Wildman–Crippen MR) is 144 cm³/mol. The number of benzene rings is 2. The zero-order valence-corrected chi connectivity index (χ0v) is 21.9. The van der Waals surface area contributed by atoms with E-state index < -0.39 is 0 Å². The number of rotatable bonds is 8. The number of likely N-dealkylation sites (tertiary alicyclic amines) is 1. The molecule has 2 fully saturated rings. The Kier molecular flexibility index (Phi) is 8.99. The molecule has 2 heterocycles. The van der Waals surface area contributed by atoms with Crippen molar-refractivity contribution in [3.63, 3.8) is 0 Å². The highest BCUT2D eigenvalue weighted by atomic mass is 16.5. The molecule has 0 spiro atoms. The van der Waals surface area contributed by atoms with Crippen LogP contribution in [0.25, 0.3) is 0 Å². The summed E-state index contributed by atoms with van der Waals surface area (Å²) in [5, 5.41) is 0. The predicted octanol–water partition coefficient (Wildman–Crippen LogP) is 3.61. The first kappa shape index (κ1) is 26.2. The number of amides is 2. The molecule has 0 radical (unpaired) electrons. The second-order valence-corrected chi connectivity index (χ2v) is 10.2. The topological polar surface area (TPSA) is 56.3 Å². The van der Waals surface area contributed by atoms with Crippen LogP contribution >= 0.6 is 0 Å². The highest BCUT2D eigenvalue weighted by Gasteiger charge is 2.28. The smallest absolute Gasteiger partial charge is 0.258 e. The van der Waals surface area contributed by atoms with E-state index in [1.807, 2.05) is 35.2 Å². The van der Waals surface area contributed by atoms with Gasteiger partial charge >= 0.3 is 0 Å². The molecule has 0 unspecified atom stereocenters. The number of piperidine rings is 1. The summed E-state index contributed by atoms with van der Waals surface area (Å²) >= 11 is 0. The molecule has 2 amide bonds. The van der Waals surface area contributed by atoms with Crippen molar-refractivity contribution in [2.75, 3.05) is 64.4 Å². The Balaban J connectivity index is 1.33. The third kappa shape index (κ3) is 6.65. The van der Waals surface area contributed by atoms with E-state index in [9.17, 15) is 9.59 Å². The second kappa shape index (κ2) is 12.4. The van der Waals surface area contributed by atoms with Gasteiger partial charge in [-0.25, -0.2) is 0 Å². The summed E-state index contributed by atoms with van der Waals surface area (Å²) in [7, 11) is 1.60. The van der Waals surface area contributed by atoms with Gasteiger partial charge in [-0.05, 0) is 82.1 Å². The van der Waals surface area contributed by atoms with Crippen molar-refractivity contribution in [3.8, 4) is 5.75 Å². The van der Waals surface area contributed by atoms with Crippen LogP contribution in [0.4, 0.5) is 5.69 Å². The van der Waals surface area contributed by atoms with E-state index in [-0.39, 0.29) is 18.4 Å². The summed E-state index contributed by atoms with van der Waals surface area (Å²) in [4.78, 5) is 35.3. The lowest BCUT2D eigenvalue weighted by molar-refractivity contribution is -0.131. The summed E-state index contributed by atoms with van der Waals surface area (Å²) in [5.41, 5.74) is 1.25. The summed E-state index contributed by atoms with van der Waals surface area (Å²) < 4.78 is 5.22. The Morgan fingerprint density at radius 2 is 1.56 bits per heavy atom. The third-order valence-corrected chi connectivity index (χ3v) is 7.56. The molecule has 2 aromatic carbocycles. The van der Waals surface area contributed by atoms with Crippen LogP contribution in [0.15, 0.2) is 54.6 Å². The molecular weight excluding hydrogens is 452 g/mol. The van der Waals surface area contributed by atoms with Gasteiger partial charge in [0.1, 0.15) is 12.3 Å². The number of methoxy groups -OCH3 is 1. The largest absolute Gasteiger partial charge is 0.497 e. The molecule has 7 heteroatoms. The molecule has 0 aromatic heterocycles. The summed E-state index contributed by atoms with van der Waals surface area (Å²) in [6.07, 6.45) is 2.52. The fraction of sp³-hybridized carbons (Fsp3) is 0.517. The Morgan fingerprint density at radius 1 is 0.917 bits per heavy atom. The summed E-state index contributed by atoms with van der Waals surface area (Å²) in [6, 6.07) is 17.1. The van der Waals surface area contributed by atoms with Gasteiger partial charge in [-0.3, -0.25) is 19.4 Å². The van der Waals surface area contributed by atoms with Gasteiger partial charge in [0.2, 0.25) is 5.91 Å². The van der Waals surface area contributed by atoms with Crippen LogP contribution in [-0.4, -0.2) is 92.0 Å². The second-order valence-electron chi connectivity index (χ2n) is 10.2. The number of carbonyl (C=O) groups excluding carboxylic acids is 2. The van der Waals surface area contributed by atoms with Gasteiger partial charge < -0.3 is 14.5 Å². The molecule has 0 saturated carbocycles. The lowest BCUT2D eigenvalue weighted by atomic mass is 9.95. The van der Waals surface area contributed by atoms with Gasteiger partial charge in [0.05, 0.1) is 7.11 Å². The first-order valence-corrected chi connectivity index (χ1v) is 13.2. The molecule has 7 nitrogen and oxygen atoms in total. The zero-order valence-electron chi connectivity index (χ0n) is 21.9. The van der Waals surface area contributed by atoms with Crippen LogP contribution in [0, 0.1) is 5.92 Å². The molecule has 0 aliphatic carbocycles. The quantitative estimate of drug-likeness (QED) is 0.564. The van der Waals surface area contributed by atoms with Crippen molar-refractivity contribution in [2.24, 2.45) is 5.92 Å². The molecule has 2 aliphatic heterocycles. The van der Waals surface area contributed by atoms with Gasteiger partial charge in [-0.15, -0.1) is 0 Å². The fourth-order valence-electron chi connectivity index (χ4n) is 5.21. The number of anilines is 1. The maximum atomic E-state index is 13.4. The molecule has 2 aromatic rings. The number of para-hydroxylation sites is 1. The number of carbonyl (C=O) groups is 2. The maximum absolute atomic E-state index is 13.4. The Morgan fingerprint density at radius 3 is 2.14 bits per heavy atom. The van der Waals surface area contributed by atoms with Crippen LogP contribution in [-0.2, 0) is 4.79 Å². The number of ether oxygens (including phenoxy) is 1. The molecule has 0 N–H and O–H groups in total. The lowest BCUT2D eigenvalue weighted by Crippen LogP contribution is -2.53. The molecule has 0 bridgehead atoms. The average molecular weight is 493 g/mol. The van der Waals surface area contributed by atoms with Crippen molar-refractivity contribution in [1.29, 1.82) is 0 Å². The van der Waals surface area contributed by atoms with Gasteiger partial charge in [0.25, 0.3) is 5.91 Å². The van der Waals surface area contributed by atoms with Crippen molar-refractivity contribution < 1.29 is 14.3 Å². The number of hydrogen-bond acceptors (Lipinski definition) is 5. The van der Waals surface area contributed by atoms with E-state index in [2.05, 4.69) is 23.6 Å². The molecular formula is C29H40N4O3. The fourth-order valence-corrected chi connectivity index (χ4v) is 5.21. The van der Waals surface area contributed by atoms with Crippen LogP contribution in [0.1, 0.15) is 37.0 Å². The minimum atomic E-state index is -0.191. The van der Waals surface area contributed by atoms with Crippen molar-refractivity contribution >= 4 is 17.5 Å². The average Bonchev–Trinajstić information content (AvgIpc) is 2.92. The van der Waals surface area contributed by atoms with E-state index in [1.54, 1.807) is 36.3 Å². The Hall–Kier alpha value is -2.90. The maximum Gasteiger partial charge on any atom is 0.258 e. The number of hydrogen-bond donors (Lipinski definition) is 0. The van der Waals surface area contributed by atoms with E-state index in [0.717, 1.165) is 31.2 Å². The van der Waals surface area contributed by atoms with Crippen LogP contribution in [0.2, 0.25) is 0 Å². The van der Waals surface area contributed by atoms with Crippen molar-refractivity contribution in [1.82, 2.24) is 14.7 Å². The number of piperazine rings is 1. The molecule has 36 heavy (non-hydrogen) atoms. The van der Waals surface area contributed by atoms with Gasteiger partial charge in [-0.2, -0.15) is 0 Å². The first-order valence-electron chi connectivity index (χ1n) is 13.2. The first-order chi connectivity index (χ1) is 17.4. The van der Waals surface area contributed by atoms with E-state index in [1.165, 1.54) is 25.9 Å². The van der Waals surface area contributed by atoms with Crippen LogP contribution in [0.3, 0.4) is 0 Å². The third-order valence-electron chi connectivity index (χ3n) is 7.56. The summed E-state index contributed by atoms with van der Waals surface area (Å²) in [5.74, 6) is 1.24. The van der Waals surface area contributed by atoms with Crippen molar-refractivity contribution in [2.45, 2.75) is 32.7 Å². The monoisotopic (exact) mass is 492 g/mol. The minimum absolute atomic E-state index is 0.00870. The van der Waals surface area contributed by atoms with Crippen LogP contribution < -0.4 is 9.64 Å². The van der Waals surface area contributed by atoms with E-state index >= 15 is 0 Å². The van der Waals surface area contributed by atoms with Gasteiger partial charge in [0.15, 0.2) is 0 Å². The minimum Gasteiger partial charge on any atom is -0.497 e. The SMILES string of the molecule is COc1ccc(C(=O)N(CC(=O)N2CCN(CC3CCN(C(C)C)CC3)CC2)c2ccccc2)cc1. The standard InChI is InChI=1S/C29H40N4O3/c1-23(2)31-15-13-24(14-16-31)21-30-17-19-32(20-18-30)28(34)22-33(26-7-5-4-6-8-26)29(35)25-9-11-27(36-3)12-10-25/h4-12,23-24H,13-22H2,1-3H3. The highest BCUT2D eigenvalue weighted by molar-refractivity contribution is 6.08.